The third kappa shape index (κ3) is 4.68. The highest BCUT2D eigenvalue weighted by Crippen LogP contribution is 2.39. The fraction of sp³-hybridized carbons (Fsp3) is 0.440. The van der Waals surface area contributed by atoms with Gasteiger partial charge in [0.2, 0.25) is 0 Å². The molecule has 2 aromatic carbocycles. The summed E-state index contributed by atoms with van der Waals surface area (Å²) in [5.41, 5.74) is 2.14. The predicted octanol–water partition coefficient (Wildman–Crippen LogP) is 5.00. The van der Waals surface area contributed by atoms with Gasteiger partial charge in [-0.15, -0.1) is 0 Å². The van der Waals surface area contributed by atoms with Crippen LogP contribution < -0.4 is 4.74 Å². The van der Waals surface area contributed by atoms with E-state index in [2.05, 4.69) is 41.3 Å². The molecule has 2 heterocycles. The number of ether oxygens (including phenoxy) is 1. The fourth-order valence-electron chi connectivity index (χ4n) is 4.91. The minimum Gasteiger partial charge on any atom is -0.493 e. The van der Waals surface area contributed by atoms with Gasteiger partial charge in [-0.05, 0) is 55.5 Å². The van der Waals surface area contributed by atoms with E-state index in [0.717, 1.165) is 24.9 Å². The maximum Gasteiger partial charge on any atom is 0.166 e. The van der Waals surface area contributed by atoms with Gasteiger partial charge in [0, 0.05) is 30.1 Å². The van der Waals surface area contributed by atoms with Crippen LogP contribution >= 0.6 is 0 Å². The number of carbonyl (C=O) groups excluding carboxylic acids is 1. The Hall–Kier alpha value is -2.64. The predicted molar refractivity (Wildman–Crippen MR) is 113 cm³/mol. The lowest BCUT2D eigenvalue weighted by atomic mass is 9.75. The monoisotopic (exact) mass is 388 g/mol. The second kappa shape index (κ2) is 9.24. The molecular weight excluding hydrogens is 360 g/mol. The number of nitrogens with zero attached hydrogens (tertiary/aromatic N) is 2. The second-order valence-electron chi connectivity index (χ2n) is 8.21. The van der Waals surface area contributed by atoms with Crippen molar-refractivity contribution >= 4 is 5.78 Å². The number of hydrogen-bond donors (Lipinski definition) is 0. The standard InChI is InChI=1S/C25H28N2O2/c26-14-5-15-29-24-12-10-20(11-13-24)25(28)21-16-22-8-4-9-23(17-21)27(22)18-19-6-2-1-3-7-19/h1-3,6-7,10-13,21-23H,4-5,8-9,15-18H2. The number of rotatable bonds is 7. The molecule has 0 aromatic heterocycles. The van der Waals surface area contributed by atoms with Crippen molar-refractivity contribution in [3.63, 3.8) is 0 Å². The van der Waals surface area contributed by atoms with Crippen LogP contribution in [0.4, 0.5) is 0 Å². The molecule has 4 rings (SSSR count). The first-order valence-electron chi connectivity index (χ1n) is 10.7. The number of fused-ring (bicyclic) bond motifs is 2. The Kier molecular flexibility index (Phi) is 6.27. The van der Waals surface area contributed by atoms with E-state index in [1.54, 1.807) is 0 Å². The lowest BCUT2D eigenvalue weighted by Gasteiger charge is -2.48. The quantitative estimate of drug-likeness (QED) is 0.495. The summed E-state index contributed by atoms with van der Waals surface area (Å²) >= 11 is 0. The van der Waals surface area contributed by atoms with Crippen LogP contribution in [0.5, 0.6) is 5.75 Å². The summed E-state index contributed by atoms with van der Waals surface area (Å²) < 4.78 is 5.52. The van der Waals surface area contributed by atoms with E-state index in [4.69, 9.17) is 10.00 Å². The summed E-state index contributed by atoms with van der Waals surface area (Å²) in [4.78, 5) is 15.8. The van der Waals surface area contributed by atoms with Gasteiger partial charge in [0.1, 0.15) is 12.4 Å². The molecule has 2 unspecified atom stereocenters. The molecule has 4 heteroatoms. The van der Waals surface area contributed by atoms with Crippen molar-refractivity contribution in [1.29, 1.82) is 5.26 Å². The van der Waals surface area contributed by atoms with Crippen LogP contribution in [0.2, 0.25) is 0 Å². The van der Waals surface area contributed by atoms with Crippen molar-refractivity contribution in [1.82, 2.24) is 4.90 Å². The topological polar surface area (TPSA) is 53.3 Å². The summed E-state index contributed by atoms with van der Waals surface area (Å²) in [5.74, 6) is 1.10. The number of hydrogen-bond acceptors (Lipinski definition) is 4. The second-order valence-corrected chi connectivity index (χ2v) is 8.21. The maximum absolute atomic E-state index is 13.2. The maximum atomic E-state index is 13.2. The minimum atomic E-state index is 0.114. The van der Waals surface area contributed by atoms with Gasteiger partial charge in [0.25, 0.3) is 0 Å². The van der Waals surface area contributed by atoms with Crippen LogP contribution in [0.25, 0.3) is 0 Å². The van der Waals surface area contributed by atoms with Crippen molar-refractivity contribution in [2.75, 3.05) is 6.61 Å². The number of ketones is 1. The Balaban J connectivity index is 1.40. The summed E-state index contributed by atoms with van der Waals surface area (Å²) in [6, 6.07) is 21.2. The minimum absolute atomic E-state index is 0.114. The van der Waals surface area contributed by atoms with E-state index in [9.17, 15) is 4.79 Å². The largest absolute Gasteiger partial charge is 0.493 e. The summed E-state index contributed by atoms with van der Waals surface area (Å²) in [5, 5.41) is 8.60. The number of piperidine rings is 2. The van der Waals surface area contributed by atoms with E-state index in [0.29, 0.717) is 30.9 Å². The molecule has 0 saturated carbocycles. The highest BCUT2D eigenvalue weighted by molar-refractivity contribution is 5.98. The molecule has 0 spiro atoms. The van der Waals surface area contributed by atoms with Crippen molar-refractivity contribution < 1.29 is 9.53 Å². The zero-order valence-electron chi connectivity index (χ0n) is 16.8. The van der Waals surface area contributed by atoms with Crippen LogP contribution in [-0.2, 0) is 6.54 Å². The molecule has 2 aliphatic heterocycles. The van der Waals surface area contributed by atoms with Gasteiger partial charge in [-0.1, -0.05) is 36.8 Å². The Morgan fingerprint density at radius 3 is 2.38 bits per heavy atom. The van der Waals surface area contributed by atoms with E-state index in [-0.39, 0.29) is 11.7 Å². The molecule has 150 valence electrons. The zero-order valence-corrected chi connectivity index (χ0v) is 16.8. The Morgan fingerprint density at radius 2 is 1.72 bits per heavy atom. The van der Waals surface area contributed by atoms with Gasteiger partial charge >= 0.3 is 0 Å². The lowest BCUT2D eigenvalue weighted by Crippen LogP contribution is -2.52. The summed E-state index contributed by atoms with van der Waals surface area (Å²) in [7, 11) is 0. The SMILES string of the molecule is N#CCCOc1ccc(C(=O)C2CC3CCCC(C2)N3Cc2ccccc2)cc1. The first kappa shape index (κ1) is 19.7. The molecule has 2 saturated heterocycles. The number of carbonyl (C=O) groups is 1. The van der Waals surface area contributed by atoms with E-state index in [1.807, 2.05) is 24.3 Å². The smallest absolute Gasteiger partial charge is 0.166 e. The zero-order chi connectivity index (χ0) is 20.1. The van der Waals surface area contributed by atoms with Gasteiger partial charge in [-0.25, -0.2) is 0 Å². The van der Waals surface area contributed by atoms with Crippen molar-refractivity contribution in [3.8, 4) is 11.8 Å². The number of benzene rings is 2. The summed E-state index contributed by atoms with van der Waals surface area (Å²) in [6.07, 6.45) is 5.95. The molecule has 2 fully saturated rings. The Bertz CT molecular complexity index is 843. The van der Waals surface area contributed by atoms with Gasteiger partial charge in [0.05, 0.1) is 12.5 Å². The van der Waals surface area contributed by atoms with E-state index < -0.39 is 0 Å². The molecule has 29 heavy (non-hydrogen) atoms. The molecule has 0 radical (unpaired) electrons. The van der Waals surface area contributed by atoms with Crippen LogP contribution in [0.3, 0.4) is 0 Å². The highest BCUT2D eigenvalue weighted by Gasteiger charge is 2.40. The molecule has 0 N–H and O–H groups in total. The normalized spacial score (nSPS) is 23.9. The number of nitriles is 1. The van der Waals surface area contributed by atoms with Crippen molar-refractivity contribution in [2.24, 2.45) is 5.92 Å². The fourth-order valence-corrected chi connectivity index (χ4v) is 4.91. The number of Topliss-reactive ketones (excluding diaryl/α,β-unsaturated/α-hetero) is 1. The van der Waals surface area contributed by atoms with E-state index >= 15 is 0 Å². The van der Waals surface area contributed by atoms with Crippen LogP contribution in [-0.4, -0.2) is 29.4 Å². The van der Waals surface area contributed by atoms with Crippen LogP contribution in [0.1, 0.15) is 54.4 Å². The Morgan fingerprint density at radius 1 is 1.03 bits per heavy atom. The first-order valence-corrected chi connectivity index (χ1v) is 10.7. The third-order valence-corrected chi connectivity index (χ3v) is 6.33. The van der Waals surface area contributed by atoms with Gasteiger partial charge in [-0.2, -0.15) is 5.26 Å². The average molecular weight is 389 g/mol. The molecule has 2 atom stereocenters. The van der Waals surface area contributed by atoms with Gasteiger partial charge in [-0.3, -0.25) is 9.69 Å². The molecule has 0 aliphatic carbocycles. The molecule has 4 nitrogen and oxygen atoms in total. The van der Waals surface area contributed by atoms with Crippen LogP contribution in [0, 0.1) is 17.2 Å². The molecule has 0 amide bonds. The summed E-state index contributed by atoms with van der Waals surface area (Å²) in [6.45, 7) is 1.37. The molecular formula is C25H28N2O2. The van der Waals surface area contributed by atoms with Crippen molar-refractivity contribution in [2.45, 2.75) is 57.2 Å². The first-order chi connectivity index (χ1) is 14.2. The average Bonchev–Trinajstić information content (AvgIpc) is 2.74. The lowest BCUT2D eigenvalue weighted by molar-refractivity contribution is 0.00906. The highest BCUT2D eigenvalue weighted by atomic mass is 16.5. The van der Waals surface area contributed by atoms with Crippen LogP contribution in [0.15, 0.2) is 54.6 Å². The third-order valence-electron chi connectivity index (χ3n) is 6.33. The van der Waals surface area contributed by atoms with Gasteiger partial charge < -0.3 is 4.74 Å². The van der Waals surface area contributed by atoms with E-state index in [1.165, 1.54) is 24.8 Å². The van der Waals surface area contributed by atoms with Gasteiger partial charge in [0.15, 0.2) is 5.78 Å². The Labute approximate surface area is 173 Å². The molecule has 2 bridgehead atoms. The molecule has 2 aliphatic rings. The van der Waals surface area contributed by atoms with Crippen molar-refractivity contribution in [3.05, 3.63) is 65.7 Å². The molecule has 2 aromatic rings.